The number of carbonyl (C=O) groups is 2. The predicted molar refractivity (Wildman–Crippen MR) is 99.2 cm³/mol. The van der Waals surface area contributed by atoms with Crippen molar-refractivity contribution in [2.45, 2.75) is 6.92 Å². The van der Waals surface area contributed by atoms with Crippen LogP contribution in [0, 0.1) is 6.92 Å². The van der Waals surface area contributed by atoms with Crippen molar-refractivity contribution in [1.82, 2.24) is 15.0 Å². The summed E-state index contributed by atoms with van der Waals surface area (Å²) in [5.41, 5.74) is 1.42. The monoisotopic (exact) mass is 393 g/mol. The molecule has 1 aliphatic heterocycles. The van der Waals surface area contributed by atoms with Crippen molar-refractivity contribution >= 4 is 41.1 Å². The zero-order valence-electron chi connectivity index (χ0n) is 14.1. The van der Waals surface area contributed by atoms with Gasteiger partial charge < -0.3 is 14.3 Å². The Balaban J connectivity index is 1.56. The number of aryl methyl sites for hydroxylation is 1. The normalized spacial score (nSPS) is 14.9. The number of benzene rings is 1. The summed E-state index contributed by atoms with van der Waals surface area (Å²) in [5.74, 6) is -0.106. The van der Waals surface area contributed by atoms with E-state index in [2.05, 4.69) is 5.16 Å². The number of carbonyl (C=O) groups excluding carboxylic acids is 2. The Labute approximate surface area is 160 Å². The summed E-state index contributed by atoms with van der Waals surface area (Å²) in [7, 11) is 0. The number of amides is 2. The summed E-state index contributed by atoms with van der Waals surface area (Å²) >= 11 is 11.9. The molecule has 0 aliphatic carbocycles. The van der Waals surface area contributed by atoms with Crippen LogP contribution in [0.1, 0.15) is 21.8 Å². The Morgan fingerprint density at radius 1 is 1.04 bits per heavy atom. The Morgan fingerprint density at radius 2 is 1.65 bits per heavy atom. The minimum Gasteiger partial charge on any atom is -0.351 e. The number of aromatic nitrogens is 1. The molecule has 1 fully saturated rings. The van der Waals surface area contributed by atoms with Crippen molar-refractivity contribution in [3.63, 3.8) is 0 Å². The van der Waals surface area contributed by atoms with Crippen LogP contribution >= 0.6 is 23.2 Å². The molecule has 8 heteroatoms. The molecule has 1 saturated heterocycles. The minimum atomic E-state index is -0.207. The molecule has 1 aromatic carbocycles. The van der Waals surface area contributed by atoms with Gasteiger partial charge in [-0.25, -0.2) is 0 Å². The topological polar surface area (TPSA) is 66.7 Å². The lowest BCUT2D eigenvalue weighted by Crippen LogP contribution is -2.50. The van der Waals surface area contributed by atoms with E-state index < -0.39 is 0 Å². The number of hydrogen-bond donors (Lipinski definition) is 0. The Bertz CT molecular complexity index is 835. The number of rotatable bonds is 3. The maximum atomic E-state index is 12.3. The number of piperazine rings is 1. The highest BCUT2D eigenvalue weighted by Crippen LogP contribution is 2.20. The first kappa shape index (κ1) is 18.5. The van der Waals surface area contributed by atoms with Gasteiger partial charge in [0, 0.05) is 48.4 Å². The maximum absolute atomic E-state index is 12.3. The molecule has 0 unspecified atom stereocenters. The molecular formula is C18H17Cl2N3O3. The van der Waals surface area contributed by atoms with Crippen molar-refractivity contribution in [3.05, 3.63) is 57.4 Å². The fourth-order valence-electron chi connectivity index (χ4n) is 2.69. The quantitative estimate of drug-likeness (QED) is 0.750. The van der Waals surface area contributed by atoms with Crippen molar-refractivity contribution in [2.24, 2.45) is 0 Å². The molecule has 1 aliphatic rings. The standard InChI is InChI=1S/C18H17Cl2N3O3/c1-12-8-16(26-21-12)18(25)23-6-4-22(5-7-23)17(24)3-2-13-9-14(19)11-15(20)10-13/h2-3,8-11H,4-7H2,1H3. The summed E-state index contributed by atoms with van der Waals surface area (Å²) in [6, 6.07) is 6.70. The summed E-state index contributed by atoms with van der Waals surface area (Å²) < 4.78 is 5.01. The molecule has 2 amide bonds. The fraction of sp³-hybridized carbons (Fsp3) is 0.278. The Morgan fingerprint density at radius 3 is 2.23 bits per heavy atom. The Hall–Kier alpha value is -2.31. The summed E-state index contributed by atoms with van der Waals surface area (Å²) in [6.45, 7) is 3.56. The highest BCUT2D eigenvalue weighted by molar-refractivity contribution is 6.34. The van der Waals surface area contributed by atoms with Crippen LogP contribution in [-0.2, 0) is 4.79 Å². The molecule has 0 bridgehead atoms. The van der Waals surface area contributed by atoms with Gasteiger partial charge in [-0.05, 0) is 36.8 Å². The van der Waals surface area contributed by atoms with E-state index >= 15 is 0 Å². The third-order valence-electron chi connectivity index (χ3n) is 4.02. The van der Waals surface area contributed by atoms with E-state index in [1.165, 1.54) is 6.08 Å². The van der Waals surface area contributed by atoms with Crippen LogP contribution in [0.25, 0.3) is 6.08 Å². The second-order valence-electron chi connectivity index (χ2n) is 5.99. The number of halogens is 2. The van der Waals surface area contributed by atoms with Gasteiger partial charge in [0.25, 0.3) is 5.91 Å². The lowest BCUT2D eigenvalue weighted by atomic mass is 10.2. The molecule has 0 spiro atoms. The highest BCUT2D eigenvalue weighted by Gasteiger charge is 2.26. The lowest BCUT2D eigenvalue weighted by molar-refractivity contribution is -0.127. The van der Waals surface area contributed by atoms with Gasteiger partial charge >= 0.3 is 0 Å². The van der Waals surface area contributed by atoms with E-state index in [9.17, 15) is 9.59 Å². The molecule has 2 aromatic rings. The van der Waals surface area contributed by atoms with Crippen LogP contribution in [0.5, 0.6) is 0 Å². The first-order chi connectivity index (χ1) is 12.4. The highest BCUT2D eigenvalue weighted by atomic mass is 35.5. The molecule has 1 aromatic heterocycles. The van der Waals surface area contributed by atoms with Crippen LogP contribution in [-0.4, -0.2) is 52.9 Å². The molecule has 136 valence electrons. The van der Waals surface area contributed by atoms with Crippen LogP contribution in [0.3, 0.4) is 0 Å². The zero-order valence-corrected chi connectivity index (χ0v) is 15.6. The molecule has 0 radical (unpaired) electrons. The van der Waals surface area contributed by atoms with Gasteiger partial charge in [0.1, 0.15) is 0 Å². The SMILES string of the molecule is Cc1cc(C(=O)N2CCN(C(=O)C=Cc3cc(Cl)cc(Cl)c3)CC2)on1. The minimum absolute atomic E-state index is 0.122. The van der Waals surface area contributed by atoms with E-state index in [0.717, 1.165) is 5.56 Å². The average molecular weight is 394 g/mol. The second kappa shape index (κ2) is 7.93. The number of hydrogen-bond acceptors (Lipinski definition) is 4. The second-order valence-corrected chi connectivity index (χ2v) is 6.86. The van der Waals surface area contributed by atoms with Gasteiger partial charge in [0.15, 0.2) is 0 Å². The third-order valence-corrected chi connectivity index (χ3v) is 4.46. The van der Waals surface area contributed by atoms with Crippen molar-refractivity contribution in [2.75, 3.05) is 26.2 Å². The van der Waals surface area contributed by atoms with E-state index in [4.69, 9.17) is 27.7 Å². The largest absolute Gasteiger partial charge is 0.351 e. The summed E-state index contributed by atoms with van der Waals surface area (Å²) in [6.07, 6.45) is 3.16. The van der Waals surface area contributed by atoms with Crippen LogP contribution in [0.4, 0.5) is 0 Å². The fourth-order valence-corrected chi connectivity index (χ4v) is 3.24. The maximum Gasteiger partial charge on any atom is 0.292 e. The molecule has 2 heterocycles. The molecule has 0 N–H and O–H groups in total. The molecule has 26 heavy (non-hydrogen) atoms. The Kier molecular flexibility index (Phi) is 5.64. The van der Waals surface area contributed by atoms with E-state index in [1.807, 2.05) is 0 Å². The molecule has 0 saturated carbocycles. The van der Waals surface area contributed by atoms with E-state index in [1.54, 1.807) is 47.1 Å². The first-order valence-corrected chi connectivity index (χ1v) is 8.83. The predicted octanol–water partition coefficient (Wildman–Crippen LogP) is 3.29. The van der Waals surface area contributed by atoms with Gasteiger partial charge in [-0.15, -0.1) is 0 Å². The lowest BCUT2D eigenvalue weighted by Gasteiger charge is -2.33. The smallest absolute Gasteiger partial charge is 0.292 e. The first-order valence-electron chi connectivity index (χ1n) is 8.08. The average Bonchev–Trinajstić information content (AvgIpc) is 3.05. The van der Waals surface area contributed by atoms with Crippen LogP contribution < -0.4 is 0 Å². The van der Waals surface area contributed by atoms with E-state index in [0.29, 0.717) is 41.9 Å². The van der Waals surface area contributed by atoms with Crippen molar-refractivity contribution < 1.29 is 14.1 Å². The van der Waals surface area contributed by atoms with Gasteiger partial charge in [-0.2, -0.15) is 0 Å². The van der Waals surface area contributed by atoms with Crippen molar-refractivity contribution in [1.29, 1.82) is 0 Å². The molecule has 3 rings (SSSR count). The molecule has 0 atom stereocenters. The van der Waals surface area contributed by atoms with Gasteiger partial charge in [-0.1, -0.05) is 28.4 Å². The molecular weight excluding hydrogens is 377 g/mol. The van der Waals surface area contributed by atoms with Gasteiger partial charge in [0.05, 0.1) is 5.69 Å². The third kappa shape index (κ3) is 4.45. The van der Waals surface area contributed by atoms with Gasteiger partial charge in [-0.3, -0.25) is 9.59 Å². The summed E-state index contributed by atoms with van der Waals surface area (Å²) in [5, 5.41) is 4.75. The van der Waals surface area contributed by atoms with Crippen LogP contribution in [0.15, 0.2) is 34.9 Å². The van der Waals surface area contributed by atoms with Gasteiger partial charge in [0.2, 0.25) is 11.7 Å². The zero-order chi connectivity index (χ0) is 18.7. The number of nitrogens with zero attached hydrogens (tertiary/aromatic N) is 3. The molecule has 6 nitrogen and oxygen atoms in total. The van der Waals surface area contributed by atoms with Crippen molar-refractivity contribution in [3.8, 4) is 0 Å². The van der Waals surface area contributed by atoms with E-state index in [-0.39, 0.29) is 17.6 Å². The summed E-state index contributed by atoms with van der Waals surface area (Å²) in [4.78, 5) is 28.0. The van der Waals surface area contributed by atoms with Crippen LogP contribution in [0.2, 0.25) is 10.0 Å².